The first-order valence-corrected chi connectivity index (χ1v) is 7.47. The van der Waals surface area contributed by atoms with E-state index in [0.717, 1.165) is 16.8 Å². The topological polar surface area (TPSA) is 68.0 Å². The molecule has 0 saturated heterocycles. The second-order valence-corrected chi connectivity index (χ2v) is 5.55. The molecule has 0 aliphatic rings. The van der Waals surface area contributed by atoms with Gasteiger partial charge < -0.3 is 9.84 Å². The Labute approximate surface area is 138 Å². The Bertz CT molecular complexity index is 872. The molecule has 1 N–H and O–H groups in total. The van der Waals surface area contributed by atoms with E-state index in [-0.39, 0.29) is 29.9 Å². The number of amides is 1. The quantitative estimate of drug-likeness (QED) is 0.794. The van der Waals surface area contributed by atoms with Gasteiger partial charge in [-0.3, -0.25) is 4.79 Å². The molecule has 1 aromatic heterocycles. The molecule has 6 heteroatoms. The van der Waals surface area contributed by atoms with Gasteiger partial charge in [0.25, 0.3) is 5.89 Å². The van der Waals surface area contributed by atoms with Crippen molar-refractivity contribution >= 4 is 11.6 Å². The first kappa shape index (κ1) is 15.9. The molecule has 0 bridgehead atoms. The smallest absolute Gasteiger partial charge is 0.257 e. The number of hydrogen-bond acceptors (Lipinski definition) is 4. The summed E-state index contributed by atoms with van der Waals surface area (Å²) in [4.78, 5) is 16.2. The Balaban J connectivity index is 1.66. The van der Waals surface area contributed by atoms with Crippen LogP contribution in [0.1, 0.15) is 17.0 Å². The summed E-state index contributed by atoms with van der Waals surface area (Å²) in [5.41, 5.74) is 3.59. The van der Waals surface area contributed by atoms with E-state index >= 15 is 0 Å². The highest BCUT2D eigenvalue weighted by atomic mass is 19.1. The van der Waals surface area contributed by atoms with Crippen LogP contribution < -0.4 is 5.32 Å². The number of rotatable bonds is 4. The molecule has 0 fully saturated rings. The van der Waals surface area contributed by atoms with Crippen LogP contribution in [0.5, 0.6) is 0 Å². The Morgan fingerprint density at radius 2 is 1.88 bits per heavy atom. The number of nitrogens with zero attached hydrogens (tertiary/aromatic N) is 2. The van der Waals surface area contributed by atoms with Crippen LogP contribution in [0.2, 0.25) is 0 Å². The average Bonchev–Trinajstić information content (AvgIpc) is 3.00. The summed E-state index contributed by atoms with van der Waals surface area (Å²) in [5.74, 6) is -0.0457. The van der Waals surface area contributed by atoms with Crippen LogP contribution in [0, 0.1) is 19.7 Å². The number of anilines is 1. The molecule has 0 aliphatic heterocycles. The predicted molar refractivity (Wildman–Crippen MR) is 87.9 cm³/mol. The second-order valence-electron chi connectivity index (χ2n) is 5.55. The van der Waals surface area contributed by atoms with Crippen molar-refractivity contribution in [2.24, 2.45) is 0 Å². The normalized spacial score (nSPS) is 10.6. The molecule has 3 rings (SSSR count). The van der Waals surface area contributed by atoms with Crippen molar-refractivity contribution in [2.75, 3.05) is 5.32 Å². The van der Waals surface area contributed by atoms with E-state index in [2.05, 4.69) is 15.5 Å². The zero-order valence-corrected chi connectivity index (χ0v) is 13.3. The summed E-state index contributed by atoms with van der Waals surface area (Å²) in [6.45, 7) is 4.00. The van der Waals surface area contributed by atoms with Gasteiger partial charge in [0.1, 0.15) is 5.82 Å². The van der Waals surface area contributed by atoms with Crippen LogP contribution in [0.25, 0.3) is 11.5 Å². The van der Waals surface area contributed by atoms with E-state index in [1.807, 2.05) is 32.0 Å². The fraction of sp³-hybridized carbons (Fsp3) is 0.167. The van der Waals surface area contributed by atoms with Crippen LogP contribution in [0.3, 0.4) is 0 Å². The highest BCUT2D eigenvalue weighted by Gasteiger charge is 2.13. The lowest BCUT2D eigenvalue weighted by Gasteiger charge is -2.06. The van der Waals surface area contributed by atoms with Gasteiger partial charge in [0, 0.05) is 11.3 Å². The van der Waals surface area contributed by atoms with Crippen molar-refractivity contribution in [2.45, 2.75) is 20.3 Å². The number of hydrogen-bond donors (Lipinski definition) is 1. The molecular formula is C18H16FN3O2. The maximum atomic E-state index is 12.9. The Kier molecular flexibility index (Phi) is 4.37. The molecule has 24 heavy (non-hydrogen) atoms. The number of halogens is 1. The zero-order valence-electron chi connectivity index (χ0n) is 13.3. The minimum atomic E-state index is -0.341. The number of benzene rings is 2. The maximum absolute atomic E-state index is 12.9. The molecule has 1 amide bonds. The summed E-state index contributed by atoms with van der Waals surface area (Å²) in [6, 6.07) is 11.4. The number of carbonyl (C=O) groups excluding carboxylic acids is 1. The minimum absolute atomic E-state index is 0.00236. The van der Waals surface area contributed by atoms with Gasteiger partial charge in [0.15, 0.2) is 5.82 Å². The summed E-state index contributed by atoms with van der Waals surface area (Å²) in [6.07, 6.45) is -0.00236. The molecule has 2 aromatic carbocycles. The van der Waals surface area contributed by atoms with Crippen molar-refractivity contribution in [1.82, 2.24) is 10.1 Å². The SMILES string of the molecule is Cc1ccc(NC(=O)Cc2noc(-c3ccc(F)cc3)n2)cc1C. The van der Waals surface area contributed by atoms with E-state index in [1.54, 1.807) is 12.1 Å². The average molecular weight is 325 g/mol. The van der Waals surface area contributed by atoms with Gasteiger partial charge in [-0.15, -0.1) is 0 Å². The number of carbonyl (C=O) groups is 1. The molecule has 0 unspecified atom stereocenters. The fourth-order valence-corrected chi connectivity index (χ4v) is 2.20. The van der Waals surface area contributed by atoms with Gasteiger partial charge in [-0.1, -0.05) is 11.2 Å². The molecule has 0 aliphatic carbocycles. The summed E-state index contributed by atoms with van der Waals surface area (Å²) in [7, 11) is 0. The number of nitrogens with one attached hydrogen (secondary N) is 1. The molecule has 5 nitrogen and oxygen atoms in total. The first-order valence-electron chi connectivity index (χ1n) is 7.47. The van der Waals surface area contributed by atoms with E-state index in [4.69, 9.17) is 4.52 Å². The van der Waals surface area contributed by atoms with Gasteiger partial charge >= 0.3 is 0 Å². The third kappa shape index (κ3) is 3.65. The Hall–Kier alpha value is -3.02. The van der Waals surface area contributed by atoms with Gasteiger partial charge in [0.05, 0.1) is 6.42 Å². The third-order valence-corrected chi connectivity index (χ3v) is 3.67. The van der Waals surface area contributed by atoms with Gasteiger partial charge in [-0.2, -0.15) is 4.98 Å². The van der Waals surface area contributed by atoms with Gasteiger partial charge in [-0.05, 0) is 61.4 Å². The van der Waals surface area contributed by atoms with E-state index in [9.17, 15) is 9.18 Å². The predicted octanol–water partition coefficient (Wildman–Crippen LogP) is 3.67. The summed E-state index contributed by atoms with van der Waals surface area (Å²) in [5, 5.41) is 6.59. The van der Waals surface area contributed by atoms with Crippen molar-refractivity contribution in [3.05, 3.63) is 65.2 Å². The number of aromatic nitrogens is 2. The van der Waals surface area contributed by atoms with E-state index in [1.165, 1.54) is 12.1 Å². The highest BCUT2D eigenvalue weighted by Crippen LogP contribution is 2.18. The molecule has 122 valence electrons. The maximum Gasteiger partial charge on any atom is 0.257 e. The van der Waals surface area contributed by atoms with Crippen LogP contribution >= 0.6 is 0 Å². The standard InChI is InChI=1S/C18H16FN3O2/c1-11-3-8-15(9-12(11)2)20-17(23)10-16-21-18(24-22-16)13-4-6-14(19)7-5-13/h3-9H,10H2,1-2H3,(H,20,23). The van der Waals surface area contributed by atoms with Crippen molar-refractivity contribution < 1.29 is 13.7 Å². The summed E-state index contributed by atoms with van der Waals surface area (Å²) >= 11 is 0. The summed E-state index contributed by atoms with van der Waals surface area (Å²) < 4.78 is 18.0. The Morgan fingerprint density at radius 1 is 1.12 bits per heavy atom. The van der Waals surface area contributed by atoms with Crippen LogP contribution in [-0.4, -0.2) is 16.0 Å². The fourth-order valence-electron chi connectivity index (χ4n) is 2.20. The Morgan fingerprint density at radius 3 is 2.58 bits per heavy atom. The monoisotopic (exact) mass is 325 g/mol. The minimum Gasteiger partial charge on any atom is -0.334 e. The van der Waals surface area contributed by atoms with Crippen LogP contribution in [0.15, 0.2) is 47.0 Å². The van der Waals surface area contributed by atoms with Crippen molar-refractivity contribution in [1.29, 1.82) is 0 Å². The van der Waals surface area contributed by atoms with Gasteiger partial charge in [0.2, 0.25) is 5.91 Å². The molecule has 3 aromatic rings. The van der Waals surface area contributed by atoms with Crippen molar-refractivity contribution in [3.63, 3.8) is 0 Å². The molecule has 0 radical (unpaired) electrons. The number of aryl methyl sites for hydroxylation is 2. The van der Waals surface area contributed by atoms with Crippen molar-refractivity contribution in [3.8, 4) is 11.5 Å². The first-order chi connectivity index (χ1) is 11.5. The van der Waals surface area contributed by atoms with Gasteiger partial charge in [-0.25, -0.2) is 4.39 Å². The molecule has 0 spiro atoms. The van der Waals surface area contributed by atoms with E-state index in [0.29, 0.717) is 5.56 Å². The second kappa shape index (κ2) is 6.62. The lowest BCUT2D eigenvalue weighted by atomic mass is 10.1. The van der Waals surface area contributed by atoms with Crippen LogP contribution in [-0.2, 0) is 11.2 Å². The molecule has 0 atom stereocenters. The lowest BCUT2D eigenvalue weighted by molar-refractivity contribution is -0.115. The molecular weight excluding hydrogens is 309 g/mol. The lowest BCUT2D eigenvalue weighted by Crippen LogP contribution is -2.15. The van der Waals surface area contributed by atoms with Crippen LogP contribution in [0.4, 0.5) is 10.1 Å². The molecule has 0 saturated carbocycles. The largest absolute Gasteiger partial charge is 0.334 e. The highest BCUT2D eigenvalue weighted by molar-refractivity contribution is 5.91. The molecule has 1 heterocycles. The third-order valence-electron chi connectivity index (χ3n) is 3.67. The van der Waals surface area contributed by atoms with E-state index < -0.39 is 0 Å². The zero-order chi connectivity index (χ0) is 17.1.